The van der Waals surface area contributed by atoms with Crippen molar-refractivity contribution in [3.63, 3.8) is 0 Å². The molecule has 4 heterocycles. The number of ether oxygens (including phenoxy) is 2. The number of halogens is 1. The Balaban J connectivity index is 1.54. The number of hydrogen-bond donors (Lipinski definition) is 1. The lowest BCUT2D eigenvalue weighted by molar-refractivity contribution is -0.164. The minimum atomic E-state index is -1.50. The second kappa shape index (κ2) is 14.1. The Morgan fingerprint density at radius 2 is 1.64 bits per heavy atom. The third-order valence-electron chi connectivity index (χ3n) is 11.0. The van der Waals surface area contributed by atoms with Crippen LogP contribution >= 0.6 is 15.9 Å². The quantitative estimate of drug-likeness (QED) is 0.338. The van der Waals surface area contributed by atoms with Crippen molar-refractivity contribution in [2.24, 2.45) is 17.8 Å². The number of nitrogens with zero attached hydrogens (tertiary/aromatic N) is 3. The van der Waals surface area contributed by atoms with E-state index in [-0.39, 0.29) is 37.3 Å². The lowest BCUT2D eigenvalue weighted by atomic mass is 9.74. The van der Waals surface area contributed by atoms with Crippen LogP contribution in [0.5, 0.6) is 0 Å². The molecule has 2 fully saturated rings. The number of carbonyl (C=O) groups is 4. The number of anilines is 1. The smallest absolute Gasteiger partial charge is 0.313 e. The van der Waals surface area contributed by atoms with Crippen LogP contribution in [0.2, 0.25) is 0 Å². The highest BCUT2D eigenvalue weighted by atomic mass is 79.9. The zero-order valence-electron chi connectivity index (χ0n) is 29.4. The predicted octanol–water partition coefficient (Wildman–Crippen LogP) is 5.01. The van der Waals surface area contributed by atoms with Gasteiger partial charge in [-0.15, -0.1) is 0 Å². The predicted molar refractivity (Wildman–Crippen MR) is 192 cm³/mol. The van der Waals surface area contributed by atoms with Crippen LogP contribution in [0.15, 0.2) is 71.2 Å². The molecule has 0 saturated carbocycles. The average molecular weight is 749 g/mol. The zero-order valence-corrected chi connectivity index (χ0v) is 31.0. The number of amides is 3. The Bertz CT molecular complexity index is 1710. The van der Waals surface area contributed by atoms with Crippen LogP contribution in [-0.2, 0) is 28.7 Å². The Kier molecular flexibility index (Phi) is 10.1. The van der Waals surface area contributed by atoms with Gasteiger partial charge in [0.25, 0.3) is 5.91 Å². The summed E-state index contributed by atoms with van der Waals surface area (Å²) in [4.78, 5) is 62.9. The summed E-state index contributed by atoms with van der Waals surface area (Å²) in [7, 11) is 1.70. The fourth-order valence-corrected chi connectivity index (χ4v) is 8.99. The first-order chi connectivity index (χ1) is 23.8. The van der Waals surface area contributed by atoms with Gasteiger partial charge in [0.05, 0.1) is 24.6 Å². The minimum absolute atomic E-state index is 0.118. The normalized spacial score (nSPS) is 31.6. The number of likely N-dealkylation sites (tertiary alicyclic amines) is 1. The van der Waals surface area contributed by atoms with Crippen LogP contribution in [0.4, 0.5) is 5.69 Å². The molecule has 6 rings (SSSR count). The summed E-state index contributed by atoms with van der Waals surface area (Å²) >= 11 is 3.63. The Labute approximate surface area is 302 Å². The van der Waals surface area contributed by atoms with Crippen molar-refractivity contribution in [2.75, 3.05) is 25.1 Å². The first kappa shape index (κ1) is 36.0. The van der Waals surface area contributed by atoms with Crippen LogP contribution in [-0.4, -0.2) is 88.6 Å². The van der Waals surface area contributed by atoms with Gasteiger partial charge < -0.3 is 29.3 Å². The van der Waals surface area contributed by atoms with Crippen molar-refractivity contribution in [1.29, 1.82) is 0 Å². The van der Waals surface area contributed by atoms with E-state index in [0.29, 0.717) is 22.2 Å². The summed E-state index contributed by atoms with van der Waals surface area (Å²) in [5.41, 5.74) is 1.65. The molecule has 11 heteroatoms. The number of fused-ring (bicyclic) bond motifs is 2. The Morgan fingerprint density at radius 3 is 2.28 bits per heavy atom. The maximum absolute atomic E-state index is 15.3. The number of aliphatic hydroxyl groups is 1. The molecule has 2 aromatic carbocycles. The molecular formula is C39H46BrN3O7. The summed E-state index contributed by atoms with van der Waals surface area (Å²) in [5, 5.41) is 10.7. The largest absolute Gasteiger partial charge is 0.455 e. The molecule has 8 atom stereocenters. The molecule has 50 heavy (non-hydrogen) atoms. The van der Waals surface area contributed by atoms with Crippen molar-refractivity contribution >= 4 is 45.3 Å². The molecule has 4 aliphatic rings. The van der Waals surface area contributed by atoms with Gasteiger partial charge in [0.1, 0.15) is 29.8 Å². The number of allylic oxidation sites excluding steroid dienone is 1. The molecule has 10 nitrogen and oxygen atoms in total. The summed E-state index contributed by atoms with van der Waals surface area (Å²) in [6, 6.07) is 12.6. The topological polar surface area (TPSA) is 117 Å². The third-order valence-corrected chi connectivity index (χ3v) is 11.6. The van der Waals surface area contributed by atoms with Crippen LogP contribution in [0.3, 0.4) is 0 Å². The number of carbonyl (C=O) groups excluding carboxylic acids is 4. The summed E-state index contributed by atoms with van der Waals surface area (Å²) in [6.07, 6.45) is 4.50. The average Bonchev–Trinajstić information content (AvgIpc) is 3.68. The number of rotatable bonds is 5. The third kappa shape index (κ3) is 5.90. The molecule has 0 radical (unpaired) electrons. The lowest BCUT2D eigenvalue weighted by Gasteiger charge is -2.40. The van der Waals surface area contributed by atoms with E-state index in [0.717, 1.165) is 11.1 Å². The number of likely N-dealkylation sites (N-methyl/N-ethyl adjacent to an activating group) is 1. The highest BCUT2D eigenvalue weighted by Gasteiger charge is 2.75. The summed E-state index contributed by atoms with van der Waals surface area (Å²) in [5.74, 6) is -3.98. The SMILES string of the molecule is Cc1cccc(C)c1N1C/C=C\CCC(=O)N(C)[C@@H](C)[C@H](c2ccccc2)OC(=O)[C@H]2[C@@H]3O[C@@]4(C=C3Br)[C@@H]2C(=O)N([C@@H](CO)C(C)C)[C@@H]4C1=O. The Hall–Kier alpha value is -3.80. The number of esters is 1. The van der Waals surface area contributed by atoms with Gasteiger partial charge in [-0.3, -0.25) is 19.2 Å². The van der Waals surface area contributed by atoms with Crippen LogP contribution in [0, 0.1) is 31.6 Å². The standard InChI is InChI=1S/C39H46BrN3O7/c1-22(2)28(21-44)43-35-37(47)42(32-23(3)14-13-15-24(32)4)19-12-8-11-18-29(45)41(6)25(5)33(26-16-9-7-10-17-26)49-38(48)30-31(36(43)46)39(35)20-27(40)34(30)50-39/h7-10,12-17,20,22,25,28,30-31,33-35,44H,11,18-19,21H2,1-6H3/b12-8-/t25-,28-,30+,31-,33+,34+,35+,39-/m0/s1. The first-order valence-corrected chi connectivity index (χ1v) is 18.2. The monoisotopic (exact) mass is 747 g/mol. The Morgan fingerprint density at radius 1 is 0.960 bits per heavy atom. The molecule has 4 aliphatic heterocycles. The van der Waals surface area contributed by atoms with Crippen LogP contribution < -0.4 is 4.90 Å². The van der Waals surface area contributed by atoms with E-state index in [9.17, 15) is 19.5 Å². The number of aliphatic hydroxyl groups excluding tert-OH is 1. The van der Waals surface area contributed by atoms with Crippen molar-refractivity contribution in [2.45, 2.75) is 83.4 Å². The number of benzene rings is 2. The molecule has 266 valence electrons. The van der Waals surface area contributed by atoms with Crippen molar-refractivity contribution in [3.05, 3.63) is 87.9 Å². The van der Waals surface area contributed by atoms with Gasteiger partial charge in [0.15, 0.2) is 0 Å². The summed E-state index contributed by atoms with van der Waals surface area (Å²) < 4.78 is 13.6. The number of aryl methyl sites for hydroxylation is 2. The molecule has 0 aromatic heterocycles. The molecule has 2 saturated heterocycles. The second-order valence-corrected chi connectivity index (χ2v) is 15.2. The van der Waals surface area contributed by atoms with E-state index in [2.05, 4.69) is 15.9 Å². The maximum Gasteiger partial charge on any atom is 0.313 e. The van der Waals surface area contributed by atoms with Gasteiger partial charge in [-0.1, -0.05) is 90.5 Å². The maximum atomic E-state index is 15.3. The molecule has 3 amide bonds. The molecular weight excluding hydrogens is 702 g/mol. The number of hydrogen-bond acceptors (Lipinski definition) is 7. The van der Waals surface area contributed by atoms with E-state index in [1.54, 1.807) is 22.9 Å². The minimum Gasteiger partial charge on any atom is -0.455 e. The second-order valence-electron chi connectivity index (χ2n) is 14.3. The van der Waals surface area contributed by atoms with Gasteiger partial charge >= 0.3 is 5.97 Å². The molecule has 2 aromatic rings. The van der Waals surface area contributed by atoms with Gasteiger partial charge in [-0.05, 0) is 55.9 Å². The molecule has 1 N–H and O–H groups in total. The zero-order chi connectivity index (χ0) is 36.1. The first-order valence-electron chi connectivity index (χ1n) is 17.4. The van der Waals surface area contributed by atoms with E-state index in [4.69, 9.17) is 9.47 Å². The van der Waals surface area contributed by atoms with Gasteiger partial charge in [-0.25, -0.2) is 0 Å². The van der Waals surface area contributed by atoms with Gasteiger partial charge in [-0.2, -0.15) is 0 Å². The fourth-order valence-electron chi connectivity index (χ4n) is 8.26. The molecule has 0 unspecified atom stereocenters. The van der Waals surface area contributed by atoms with Crippen LogP contribution in [0.25, 0.3) is 0 Å². The van der Waals surface area contributed by atoms with E-state index >= 15 is 4.79 Å². The van der Waals surface area contributed by atoms with E-state index in [1.807, 2.05) is 95.3 Å². The van der Waals surface area contributed by atoms with Gasteiger partial charge in [0.2, 0.25) is 11.8 Å². The molecule has 5 bridgehead atoms. The van der Waals surface area contributed by atoms with Crippen molar-refractivity contribution < 1.29 is 33.8 Å². The van der Waals surface area contributed by atoms with E-state index in [1.165, 1.54) is 4.90 Å². The highest BCUT2D eigenvalue weighted by Crippen LogP contribution is 2.59. The number of cyclic esters (lactones) is 1. The van der Waals surface area contributed by atoms with E-state index < -0.39 is 59.6 Å². The fraction of sp³-hybridized carbons (Fsp3) is 0.487. The molecule has 0 aliphatic carbocycles. The van der Waals surface area contributed by atoms with Crippen molar-refractivity contribution in [1.82, 2.24) is 9.80 Å². The highest BCUT2D eigenvalue weighted by molar-refractivity contribution is 9.11. The molecule has 1 spiro atoms. The lowest BCUT2D eigenvalue weighted by Crippen LogP contribution is -2.59. The summed E-state index contributed by atoms with van der Waals surface area (Å²) in [6.45, 7) is 9.29. The van der Waals surface area contributed by atoms with Crippen molar-refractivity contribution in [3.8, 4) is 0 Å². The number of para-hydroxylation sites is 1. The van der Waals surface area contributed by atoms with Gasteiger partial charge in [0, 0.05) is 30.2 Å². The van der Waals surface area contributed by atoms with Crippen LogP contribution in [0.1, 0.15) is 56.4 Å².